The van der Waals surface area contributed by atoms with Gasteiger partial charge in [-0.1, -0.05) is 19.1 Å². The Hall–Kier alpha value is -3.08. The monoisotopic (exact) mass is 377 g/mol. The molecule has 0 spiro atoms. The fourth-order valence-electron chi connectivity index (χ4n) is 3.33. The number of nitrogens with zero attached hydrogens (tertiary/aromatic N) is 5. The molecule has 0 N–H and O–H groups in total. The fourth-order valence-corrected chi connectivity index (χ4v) is 3.33. The van der Waals surface area contributed by atoms with Gasteiger partial charge in [0.05, 0.1) is 11.5 Å². The zero-order valence-corrected chi connectivity index (χ0v) is 14.7. The van der Waals surface area contributed by atoms with Crippen LogP contribution >= 0.6 is 0 Å². The van der Waals surface area contributed by atoms with E-state index in [2.05, 4.69) is 5.10 Å². The van der Waals surface area contributed by atoms with Crippen LogP contribution in [0.25, 0.3) is 0 Å². The summed E-state index contributed by atoms with van der Waals surface area (Å²) >= 11 is 0. The van der Waals surface area contributed by atoms with E-state index in [9.17, 15) is 25.0 Å². The number of nitro benzene ring substituents is 1. The van der Waals surface area contributed by atoms with Crippen molar-refractivity contribution in [2.75, 3.05) is 32.8 Å². The van der Waals surface area contributed by atoms with E-state index in [1.165, 1.54) is 24.3 Å². The van der Waals surface area contributed by atoms with E-state index < -0.39 is 15.9 Å². The number of guanidine groups is 1. The first-order valence-corrected chi connectivity index (χ1v) is 8.49. The molecule has 11 nitrogen and oxygen atoms in total. The average molecular weight is 377 g/mol. The van der Waals surface area contributed by atoms with Gasteiger partial charge in [0.15, 0.2) is 5.03 Å². The molecule has 0 radical (unpaired) electrons. The summed E-state index contributed by atoms with van der Waals surface area (Å²) in [6.07, 6.45) is 0. The quantitative estimate of drug-likeness (QED) is 0.556. The molecule has 0 aromatic heterocycles. The molecule has 0 aliphatic carbocycles. The largest absolute Gasteiger partial charge is 0.381 e. The number of hydrogen-bond acceptors (Lipinski definition) is 6. The molecule has 2 unspecified atom stereocenters. The summed E-state index contributed by atoms with van der Waals surface area (Å²) in [5, 5.41) is 24.7. The Morgan fingerprint density at radius 2 is 2.00 bits per heavy atom. The van der Waals surface area contributed by atoms with Gasteiger partial charge in [-0.15, -0.1) is 0 Å². The molecule has 3 rings (SSSR count). The number of benzene rings is 1. The molecule has 2 saturated heterocycles. The Morgan fingerprint density at radius 3 is 2.63 bits per heavy atom. The maximum absolute atomic E-state index is 12.9. The smallest absolute Gasteiger partial charge is 0.282 e. The van der Waals surface area contributed by atoms with Crippen LogP contribution in [0.1, 0.15) is 17.3 Å². The highest BCUT2D eigenvalue weighted by Gasteiger charge is 2.39. The molecule has 2 atom stereocenters. The van der Waals surface area contributed by atoms with Crippen LogP contribution in [0.2, 0.25) is 0 Å². The summed E-state index contributed by atoms with van der Waals surface area (Å²) in [4.78, 5) is 37.2. The summed E-state index contributed by atoms with van der Waals surface area (Å²) in [7, 11) is 0. The van der Waals surface area contributed by atoms with Crippen molar-refractivity contribution in [3.8, 4) is 0 Å². The molecular formula is C16H19N5O6. The summed E-state index contributed by atoms with van der Waals surface area (Å²) < 4.78 is 5.43. The second kappa shape index (κ2) is 7.66. The molecule has 2 heterocycles. The standard InChI is InChI=1S/C16H19N5O6/c1-11-9-27-10-12(11)8-18-6-7-19(16(18)17-21(25)26)15(22)13-4-2-3-5-14(13)20(23)24/h2-5,11-12H,6-10H2,1H3. The molecule has 1 amide bonds. The van der Waals surface area contributed by atoms with Crippen molar-refractivity contribution < 1.29 is 19.5 Å². The lowest BCUT2D eigenvalue weighted by atomic mass is 9.98. The van der Waals surface area contributed by atoms with E-state index in [-0.39, 0.29) is 29.7 Å². The van der Waals surface area contributed by atoms with E-state index in [4.69, 9.17) is 4.74 Å². The lowest BCUT2D eigenvalue weighted by Crippen LogP contribution is -2.41. The van der Waals surface area contributed by atoms with Crippen molar-refractivity contribution in [3.05, 3.63) is 50.1 Å². The minimum atomic E-state index is -0.859. The first-order valence-electron chi connectivity index (χ1n) is 8.49. The average Bonchev–Trinajstić information content (AvgIpc) is 3.21. The first kappa shape index (κ1) is 18.7. The number of nitro groups is 2. The van der Waals surface area contributed by atoms with Gasteiger partial charge < -0.3 is 9.64 Å². The number of hydrazone groups is 1. The highest BCUT2D eigenvalue weighted by molar-refractivity contribution is 6.08. The number of carbonyl (C=O) groups is 1. The minimum absolute atomic E-state index is 0.0951. The van der Waals surface area contributed by atoms with Crippen LogP contribution in [0.5, 0.6) is 0 Å². The van der Waals surface area contributed by atoms with Crippen LogP contribution < -0.4 is 0 Å². The fraction of sp³-hybridized carbons (Fsp3) is 0.500. The zero-order valence-electron chi connectivity index (χ0n) is 14.7. The number of para-hydroxylation sites is 1. The topological polar surface area (TPSA) is 131 Å². The molecule has 2 fully saturated rings. The molecule has 1 aromatic carbocycles. The van der Waals surface area contributed by atoms with E-state index in [1.807, 2.05) is 6.92 Å². The van der Waals surface area contributed by atoms with Crippen LogP contribution in [0.3, 0.4) is 0 Å². The van der Waals surface area contributed by atoms with Gasteiger partial charge in [0.2, 0.25) is 0 Å². The molecule has 2 aliphatic rings. The Balaban J connectivity index is 1.87. The van der Waals surface area contributed by atoms with Gasteiger partial charge in [-0.2, -0.15) is 0 Å². The van der Waals surface area contributed by atoms with E-state index in [0.717, 1.165) is 4.90 Å². The molecule has 144 valence electrons. The van der Waals surface area contributed by atoms with Gasteiger partial charge in [0.1, 0.15) is 10.7 Å². The van der Waals surface area contributed by atoms with Crippen molar-refractivity contribution in [3.63, 3.8) is 0 Å². The van der Waals surface area contributed by atoms with E-state index in [0.29, 0.717) is 32.2 Å². The molecule has 0 bridgehead atoms. The molecule has 11 heteroatoms. The first-order chi connectivity index (χ1) is 12.9. The second-order valence-electron chi connectivity index (χ2n) is 6.59. The van der Waals surface area contributed by atoms with Crippen LogP contribution in [-0.4, -0.2) is 64.5 Å². The highest BCUT2D eigenvalue weighted by Crippen LogP contribution is 2.25. The zero-order chi connectivity index (χ0) is 19.6. The maximum Gasteiger partial charge on any atom is 0.282 e. The number of rotatable bonds is 5. The van der Waals surface area contributed by atoms with Crippen molar-refractivity contribution in [1.82, 2.24) is 9.80 Å². The number of hydrogen-bond donors (Lipinski definition) is 0. The normalized spacial score (nSPS) is 23.8. The molecule has 1 aromatic rings. The molecular weight excluding hydrogens is 358 g/mol. The summed E-state index contributed by atoms with van der Waals surface area (Å²) in [6.45, 7) is 4.20. The SMILES string of the molecule is CC1COCC1CN1CCN(C(=O)c2ccccc2[N+](=O)[O-])C1=N[N+](=O)[O-]. The second-order valence-corrected chi connectivity index (χ2v) is 6.59. The van der Waals surface area contributed by atoms with Crippen molar-refractivity contribution in [2.45, 2.75) is 6.92 Å². The Kier molecular flexibility index (Phi) is 5.31. The van der Waals surface area contributed by atoms with Crippen LogP contribution in [-0.2, 0) is 4.74 Å². The third kappa shape index (κ3) is 3.87. The summed E-state index contributed by atoms with van der Waals surface area (Å²) in [5.74, 6) is -0.312. The van der Waals surface area contributed by atoms with Crippen LogP contribution in [0.15, 0.2) is 29.4 Å². The minimum Gasteiger partial charge on any atom is -0.381 e. The highest BCUT2D eigenvalue weighted by atomic mass is 16.7. The predicted octanol–water partition coefficient (Wildman–Crippen LogP) is 1.18. The maximum atomic E-state index is 12.9. The van der Waals surface area contributed by atoms with Crippen LogP contribution in [0.4, 0.5) is 5.69 Å². The van der Waals surface area contributed by atoms with Gasteiger partial charge in [0, 0.05) is 38.2 Å². The molecule has 2 aliphatic heterocycles. The number of carbonyl (C=O) groups excluding carboxylic acids is 1. The van der Waals surface area contributed by atoms with Crippen molar-refractivity contribution >= 4 is 17.6 Å². The van der Waals surface area contributed by atoms with Crippen LogP contribution in [0, 0.1) is 32.1 Å². The van der Waals surface area contributed by atoms with Crippen molar-refractivity contribution in [2.24, 2.45) is 16.9 Å². The van der Waals surface area contributed by atoms with Gasteiger partial charge in [-0.05, 0) is 12.0 Å². The summed E-state index contributed by atoms with van der Waals surface area (Å²) in [5.41, 5.74) is -0.475. The number of amides is 1. The van der Waals surface area contributed by atoms with Gasteiger partial charge >= 0.3 is 0 Å². The predicted molar refractivity (Wildman–Crippen MR) is 93.6 cm³/mol. The van der Waals surface area contributed by atoms with Crippen molar-refractivity contribution in [1.29, 1.82) is 0 Å². The van der Waals surface area contributed by atoms with E-state index >= 15 is 0 Å². The Labute approximate surface area is 154 Å². The Morgan fingerprint density at radius 1 is 1.26 bits per heavy atom. The third-order valence-corrected chi connectivity index (χ3v) is 4.84. The molecule has 27 heavy (non-hydrogen) atoms. The Bertz CT molecular complexity index is 797. The van der Waals surface area contributed by atoms with Gasteiger partial charge in [-0.25, -0.2) is 10.1 Å². The lowest BCUT2D eigenvalue weighted by Gasteiger charge is -2.23. The van der Waals surface area contributed by atoms with E-state index in [1.54, 1.807) is 4.90 Å². The summed E-state index contributed by atoms with van der Waals surface area (Å²) in [6, 6.07) is 5.53. The third-order valence-electron chi connectivity index (χ3n) is 4.84. The molecule has 0 saturated carbocycles. The van der Waals surface area contributed by atoms with Gasteiger partial charge in [-0.3, -0.25) is 19.8 Å². The van der Waals surface area contributed by atoms with Gasteiger partial charge in [0.25, 0.3) is 17.6 Å². The lowest BCUT2D eigenvalue weighted by molar-refractivity contribution is -0.486. The number of ether oxygens (including phenoxy) is 1.